The molecule has 2 N–H and O–H groups in total. The molecule has 220 valence electrons. The molecule has 1 fully saturated rings. The van der Waals surface area contributed by atoms with E-state index in [1.54, 1.807) is 36.3 Å². The second-order valence-corrected chi connectivity index (χ2v) is 10.1. The van der Waals surface area contributed by atoms with Crippen molar-refractivity contribution < 1.29 is 23.7 Å². The summed E-state index contributed by atoms with van der Waals surface area (Å²) in [7, 11) is 4.65. The number of methoxy groups -OCH3 is 3. The van der Waals surface area contributed by atoms with Crippen LogP contribution in [0.1, 0.15) is 0 Å². The molecule has 0 saturated carbocycles. The Kier molecular flexibility index (Phi) is 9.07. The van der Waals surface area contributed by atoms with E-state index in [0.717, 1.165) is 0 Å². The Hall–Kier alpha value is -3.97. The van der Waals surface area contributed by atoms with Crippen LogP contribution in [-0.2, 0) is 20.8 Å². The number of hydrogen-bond donors (Lipinski definition) is 2. The molecule has 0 aliphatic carbocycles. The molecule has 1 saturated heterocycles. The summed E-state index contributed by atoms with van der Waals surface area (Å²) in [5, 5.41) is 11.9. The summed E-state index contributed by atoms with van der Waals surface area (Å²) in [6.07, 6.45) is 6.47. The maximum absolute atomic E-state index is 11.9. The highest BCUT2D eigenvalue weighted by Gasteiger charge is 2.30. The number of carbonyl (C=O) groups is 1. The number of rotatable bonds is 11. The zero-order valence-corrected chi connectivity index (χ0v) is 24.7. The van der Waals surface area contributed by atoms with Crippen molar-refractivity contribution in [3.05, 3.63) is 53.4 Å². The highest BCUT2D eigenvalue weighted by molar-refractivity contribution is 6.41. The first-order chi connectivity index (χ1) is 20.4. The number of hydrogen-bond acceptors (Lipinski definition) is 10. The molecule has 3 aromatic heterocycles. The van der Waals surface area contributed by atoms with Crippen LogP contribution in [0.3, 0.4) is 0 Å². The Labute approximate surface area is 251 Å². The van der Waals surface area contributed by atoms with Gasteiger partial charge in [0.2, 0.25) is 11.9 Å². The number of nitrogens with one attached hydrogen (secondary N) is 2. The monoisotopic (exact) mass is 613 g/mol. The standard InChI is InChI=1S/C28H29Cl2N7O5/c1-5-22(38)33-18-13-42-14-19(18)35-28-31-10-15-8-17(23-24(29)20(40-3)9-21(41-4)25(23)30)34-27(26(15)36-28)16-11-32-37(12-16)6-7-39-2/h5,8-12,18-19H,1,6-7,13-14H2,2-4H3,(H,33,38)(H,31,35,36)/t18-,19+/m0/s1. The van der Waals surface area contributed by atoms with Crippen LogP contribution in [-0.4, -0.2) is 83.9 Å². The molecule has 0 radical (unpaired) electrons. The third-order valence-electron chi connectivity index (χ3n) is 6.73. The van der Waals surface area contributed by atoms with Gasteiger partial charge in [-0.05, 0) is 12.1 Å². The number of carbonyl (C=O) groups excluding carboxylic acids is 1. The number of fused-ring (bicyclic) bond motifs is 1. The van der Waals surface area contributed by atoms with Crippen molar-refractivity contribution in [3.63, 3.8) is 0 Å². The lowest BCUT2D eigenvalue weighted by molar-refractivity contribution is -0.117. The largest absolute Gasteiger partial charge is 0.495 e. The van der Waals surface area contributed by atoms with Gasteiger partial charge in [0, 0.05) is 42.1 Å². The second kappa shape index (κ2) is 12.9. The predicted octanol–water partition coefficient (Wildman–Crippen LogP) is 4.01. The van der Waals surface area contributed by atoms with Crippen LogP contribution in [0.4, 0.5) is 5.95 Å². The highest BCUT2D eigenvalue weighted by Crippen LogP contribution is 2.46. The third-order valence-corrected chi connectivity index (χ3v) is 7.49. The van der Waals surface area contributed by atoms with Crippen LogP contribution in [0.5, 0.6) is 11.5 Å². The van der Waals surface area contributed by atoms with Gasteiger partial charge in [-0.1, -0.05) is 29.8 Å². The molecule has 1 amide bonds. The number of amides is 1. The smallest absolute Gasteiger partial charge is 0.243 e. The fourth-order valence-corrected chi connectivity index (χ4v) is 5.28. The van der Waals surface area contributed by atoms with E-state index < -0.39 is 0 Å². The normalized spacial score (nSPS) is 16.4. The average Bonchev–Trinajstić information content (AvgIpc) is 3.65. The highest BCUT2D eigenvalue weighted by atomic mass is 35.5. The van der Waals surface area contributed by atoms with Crippen LogP contribution in [0.25, 0.3) is 33.4 Å². The number of pyridine rings is 1. The Morgan fingerprint density at radius 3 is 2.55 bits per heavy atom. The SMILES string of the molecule is C=CC(=O)N[C@H]1COC[C@H]1Nc1ncc2cc(-c3c(Cl)c(OC)cc(OC)c3Cl)nc(-c3cnn(CCOC)c3)c2n1. The third kappa shape index (κ3) is 5.97. The van der Waals surface area contributed by atoms with Gasteiger partial charge in [0.25, 0.3) is 0 Å². The lowest BCUT2D eigenvalue weighted by Gasteiger charge is -2.20. The van der Waals surface area contributed by atoms with Crippen molar-refractivity contribution >= 4 is 46.0 Å². The maximum atomic E-state index is 11.9. The Balaban J connectivity index is 1.63. The van der Waals surface area contributed by atoms with Gasteiger partial charge in [-0.15, -0.1) is 0 Å². The van der Waals surface area contributed by atoms with E-state index in [1.807, 2.05) is 6.20 Å². The first-order valence-corrected chi connectivity index (χ1v) is 13.7. The predicted molar refractivity (Wildman–Crippen MR) is 159 cm³/mol. The number of benzene rings is 1. The van der Waals surface area contributed by atoms with Crippen LogP contribution >= 0.6 is 23.2 Å². The molecule has 2 atom stereocenters. The van der Waals surface area contributed by atoms with Crippen molar-refractivity contribution in [2.45, 2.75) is 18.6 Å². The van der Waals surface area contributed by atoms with Crippen molar-refractivity contribution in [2.24, 2.45) is 0 Å². The summed E-state index contributed by atoms with van der Waals surface area (Å²) in [5.41, 5.74) is 2.72. The minimum Gasteiger partial charge on any atom is -0.495 e. The summed E-state index contributed by atoms with van der Waals surface area (Å²) in [4.78, 5) is 26.2. The molecule has 14 heteroatoms. The van der Waals surface area contributed by atoms with Gasteiger partial charge < -0.3 is 29.6 Å². The lowest BCUT2D eigenvalue weighted by Crippen LogP contribution is -2.45. The topological polar surface area (TPSA) is 135 Å². The van der Waals surface area contributed by atoms with Gasteiger partial charge in [0.05, 0.1) is 74.6 Å². The molecular formula is C28H29Cl2N7O5. The maximum Gasteiger partial charge on any atom is 0.243 e. The van der Waals surface area contributed by atoms with Gasteiger partial charge in [-0.25, -0.2) is 15.0 Å². The van der Waals surface area contributed by atoms with E-state index in [4.69, 9.17) is 52.1 Å². The molecule has 42 heavy (non-hydrogen) atoms. The molecule has 4 aromatic rings. The van der Waals surface area contributed by atoms with Crippen LogP contribution in [0.2, 0.25) is 10.0 Å². The molecule has 12 nitrogen and oxygen atoms in total. The number of nitrogens with zero attached hydrogens (tertiary/aromatic N) is 5. The lowest BCUT2D eigenvalue weighted by atomic mass is 10.1. The molecule has 5 rings (SSSR count). The Morgan fingerprint density at radius 1 is 1.12 bits per heavy atom. The van der Waals surface area contributed by atoms with Gasteiger partial charge in [0.1, 0.15) is 22.7 Å². The van der Waals surface area contributed by atoms with Crippen molar-refractivity contribution in [1.29, 1.82) is 0 Å². The molecule has 0 spiro atoms. The molecule has 0 unspecified atom stereocenters. The van der Waals surface area contributed by atoms with Crippen LogP contribution in [0.15, 0.2) is 43.4 Å². The molecule has 1 aliphatic rings. The van der Waals surface area contributed by atoms with Crippen molar-refractivity contribution in [1.82, 2.24) is 30.0 Å². The van der Waals surface area contributed by atoms with E-state index in [0.29, 0.717) is 77.2 Å². The van der Waals surface area contributed by atoms with E-state index >= 15 is 0 Å². The van der Waals surface area contributed by atoms with E-state index in [9.17, 15) is 4.79 Å². The Bertz CT molecular complexity index is 1600. The summed E-state index contributed by atoms with van der Waals surface area (Å²) in [6, 6.07) is 2.89. The van der Waals surface area contributed by atoms with Crippen LogP contribution < -0.4 is 20.1 Å². The minimum absolute atomic E-state index is 0.249. The van der Waals surface area contributed by atoms with E-state index in [2.05, 4.69) is 27.3 Å². The molecule has 1 aromatic carbocycles. The summed E-state index contributed by atoms with van der Waals surface area (Å²) >= 11 is 13.5. The van der Waals surface area contributed by atoms with Crippen molar-refractivity contribution in [3.8, 4) is 34.0 Å². The number of anilines is 1. The summed E-state index contributed by atoms with van der Waals surface area (Å²) in [6.45, 7) is 5.29. The first kappa shape index (κ1) is 29.5. The van der Waals surface area contributed by atoms with Crippen LogP contribution in [0, 0.1) is 0 Å². The summed E-state index contributed by atoms with van der Waals surface area (Å²) < 4.78 is 23.5. The number of ether oxygens (including phenoxy) is 4. The summed E-state index contributed by atoms with van der Waals surface area (Å²) in [5.74, 6) is 0.832. The molecule has 0 bridgehead atoms. The van der Waals surface area contributed by atoms with Gasteiger partial charge in [-0.3, -0.25) is 9.48 Å². The fourth-order valence-electron chi connectivity index (χ4n) is 4.59. The fraction of sp³-hybridized carbons (Fsp3) is 0.321. The average molecular weight is 614 g/mol. The molecular weight excluding hydrogens is 585 g/mol. The second-order valence-electron chi connectivity index (χ2n) is 9.36. The quantitative estimate of drug-likeness (QED) is 0.239. The zero-order valence-electron chi connectivity index (χ0n) is 23.2. The number of halogens is 2. The zero-order chi connectivity index (χ0) is 29.8. The Morgan fingerprint density at radius 2 is 1.86 bits per heavy atom. The minimum atomic E-state index is -0.285. The van der Waals surface area contributed by atoms with Gasteiger partial charge >= 0.3 is 0 Å². The molecule has 1 aliphatic heterocycles. The van der Waals surface area contributed by atoms with E-state index in [1.165, 1.54) is 20.3 Å². The van der Waals surface area contributed by atoms with Gasteiger partial charge in [0.15, 0.2) is 0 Å². The van der Waals surface area contributed by atoms with Crippen molar-refractivity contribution in [2.75, 3.05) is 46.5 Å². The van der Waals surface area contributed by atoms with Gasteiger partial charge in [-0.2, -0.15) is 5.10 Å². The van der Waals surface area contributed by atoms with E-state index in [-0.39, 0.29) is 28.0 Å². The number of aromatic nitrogens is 5. The molecule has 4 heterocycles. The first-order valence-electron chi connectivity index (χ1n) is 12.9.